The van der Waals surface area contributed by atoms with Crippen molar-refractivity contribution >= 4 is 23.2 Å². The molecule has 27 heavy (non-hydrogen) atoms. The van der Waals surface area contributed by atoms with Crippen LogP contribution in [-0.4, -0.2) is 36.2 Å². The van der Waals surface area contributed by atoms with Gasteiger partial charge in [-0.25, -0.2) is 5.43 Å². The molecule has 6 heteroatoms. The highest BCUT2D eigenvalue weighted by molar-refractivity contribution is 6.30. The minimum Gasteiger partial charge on any atom is -0.483 e. The second-order valence-corrected chi connectivity index (χ2v) is 7.11. The van der Waals surface area contributed by atoms with Crippen LogP contribution in [0.4, 0.5) is 0 Å². The molecule has 142 valence electrons. The van der Waals surface area contributed by atoms with Crippen LogP contribution in [0.15, 0.2) is 53.6 Å². The summed E-state index contributed by atoms with van der Waals surface area (Å²) in [6.07, 6.45) is 1.73. The maximum Gasteiger partial charge on any atom is 0.277 e. The highest BCUT2D eigenvalue weighted by Crippen LogP contribution is 2.21. The van der Waals surface area contributed by atoms with E-state index in [2.05, 4.69) is 39.7 Å². The normalized spacial score (nSPS) is 14.7. The highest BCUT2D eigenvalue weighted by Gasteiger charge is 2.15. The van der Waals surface area contributed by atoms with E-state index in [1.165, 1.54) is 5.56 Å². The number of hydrogen-bond acceptors (Lipinski definition) is 4. The molecule has 5 nitrogen and oxygen atoms in total. The van der Waals surface area contributed by atoms with Gasteiger partial charge in [0.15, 0.2) is 6.61 Å². The molecule has 0 aliphatic carbocycles. The van der Waals surface area contributed by atoms with E-state index in [0.29, 0.717) is 10.8 Å². The van der Waals surface area contributed by atoms with E-state index in [0.717, 1.165) is 43.8 Å². The lowest BCUT2D eigenvalue weighted by Crippen LogP contribution is -2.35. The summed E-state index contributed by atoms with van der Waals surface area (Å²) in [7, 11) is 0. The van der Waals surface area contributed by atoms with Gasteiger partial charge in [-0.1, -0.05) is 41.9 Å². The Hall–Kier alpha value is -2.37. The second kappa shape index (κ2) is 9.53. The van der Waals surface area contributed by atoms with Crippen LogP contribution in [-0.2, 0) is 11.3 Å². The van der Waals surface area contributed by atoms with E-state index in [-0.39, 0.29) is 12.5 Å². The van der Waals surface area contributed by atoms with Gasteiger partial charge in [0.25, 0.3) is 5.91 Å². The first-order valence-electron chi connectivity index (χ1n) is 9.09. The summed E-state index contributed by atoms with van der Waals surface area (Å²) in [5, 5.41) is 4.91. The SMILES string of the molecule is Cc1cc(Cl)ccc1OCC(=O)NN=C1CCN(Cc2ccccc2)CC1. The third-order valence-electron chi connectivity index (χ3n) is 4.52. The highest BCUT2D eigenvalue weighted by atomic mass is 35.5. The first-order chi connectivity index (χ1) is 13.1. The lowest BCUT2D eigenvalue weighted by atomic mass is 10.1. The van der Waals surface area contributed by atoms with E-state index < -0.39 is 0 Å². The van der Waals surface area contributed by atoms with E-state index in [1.807, 2.05) is 13.0 Å². The van der Waals surface area contributed by atoms with Crippen molar-refractivity contribution in [3.8, 4) is 5.75 Å². The van der Waals surface area contributed by atoms with Crippen LogP contribution in [0.3, 0.4) is 0 Å². The van der Waals surface area contributed by atoms with Crippen molar-refractivity contribution in [1.82, 2.24) is 10.3 Å². The van der Waals surface area contributed by atoms with Crippen LogP contribution in [0.25, 0.3) is 0 Å². The van der Waals surface area contributed by atoms with Gasteiger partial charge in [0.1, 0.15) is 5.75 Å². The molecule has 2 aromatic carbocycles. The van der Waals surface area contributed by atoms with Crippen LogP contribution in [0.5, 0.6) is 5.75 Å². The molecule has 0 radical (unpaired) electrons. The van der Waals surface area contributed by atoms with Crippen LogP contribution in [0.2, 0.25) is 5.02 Å². The van der Waals surface area contributed by atoms with E-state index in [4.69, 9.17) is 16.3 Å². The Kier molecular flexibility index (Phi) is 6.85. The molecule has 0 bridgehead atoms. The van der Waals surface area contributed by atoms with Gasteiger partial charge in [-0.2, -0.15) is 5.10 Å². The number of amides is 1. The monoisotopic (exact) mass is 385 g/mol. The molecule has 0 aromatic heterocycles. The van der Waals surface area contributed by atoms with E-state index in [9.17, 15) is 4.79 Å². The number of halogens is 1. The van der Waals surface area contributed by atoms with Crippen LogP contribution < -0.4 is 10.2 Å². The van der Waals surface area contributed by atoms with Crippen molar-refractivity contribution in [3.05, 3.63) is 64.7 Å². The molecule has 1 N–H and O–H groups in total. The molecule has 2 aromatic rings. The van der Waals surface area contributed by atoms with Crippen molar-refractivity contribution in [2.45, 2.75) is 26.3 Å². The molecule has 1 aliphatic heterocycles. The summed E-state index contributed by atoms with van der Waals surface area (Å²) in [4.78, 5) is 14.4. The van der Waals surface area contributed by atoms with Gasteiger partial charge in [-0.15, -0.1) is 0 Å². The fourth-order valence-electron chi connectivity index (χ4n) is 3.01. The Morgan fingerprint density at radius 3 is 2.63 bits per heavy atom. The molecule has 0 saturated carbocycles. The molecule has 1 amide bonds. The van der Waals surface area contributed by atoms with Crippen molar-refractivity contribution in [2.75, 3.05) is 19.7 Å². The number of hydrogen-bond donors (Lipinski definition) is 1. The molecule has 1 fully saturated rings. The minimum atomic E-state index is -0.261. The predicted octanol–water partition coefficient (Wildman–Crippen LogP) is 3.80. The molecule has 0 spiro atoms. The number of likely N-dealkylation sites (tertiary alicyclic amines) is 1. The Balaban J connectivity index is 1.40. The third-order valence-corrected chi connectivity index (χ3v) is 4.75. The van der Waals surface area contributed by atoms with Gasteiger partial charge in [-0.05, 0) is 36.2 Å². The number of carbonyl (C=O) groups excluding carboxylic acids is 1. The van der Waals surface area contributed by atoms with Crippen molar-refractivity contribution < 1.29 is 9.53 Å². The van der Waals surface area contributed by atoms with E-state index in [1.54, 1.807) is 18.2 Å². The number of nitrogens with one attached hydrogen (secondary N) is 1. The Bertz CT molecular complexity index is 798. The Morgan fingerprint density at radius 2 is 1.93 bits per heavy atom. The first-order valence-corrected chi connectivity index (χ1v) is 9.47. The number of piperidine rings is 1. The maximum atomic E-state index is 12.0. The van der Waals surface area contributed by atoms with Crippen molar-refractivity contribution in [2.24, 2.45) is 5.10 Å². The molecular weight excluding hydrogens is 362 g/mol. The molecule has 1 aliphatic rings. The lowest BCUT2D eigenvalue weighted by molar-refractivity contribution is -0.123. The largest absolute Gasteiger partial charge is 0.483 e. The number of aryl methyl sites for hydroxylation is 1. The van der Waals surface area contributed by atoms with Crippen LogP contribution >= 0.6 is 11.6 Å². The number of benzene rings is 2. The average molecular weight is 386 g/mol. The van der Waals surface area contributed by atoms with Crippen molar-refractivity contribution in [1.29, 1.82) is 0 Å². The fourth-order valence-corrected chi connectivity index (χ4v) is 3.24. The molecule has 1 saturated heterocycles. The minimum absolute atomic E-state index is 0.0701. The van der Waals surface area contributed by atoms with Gasteiger partial charge in [0.05, 0.1) is 0 Å². The first kappa shape index (κ1) is 19.4. The average Bonchev–Trinajstić information content (AvgIpc) is 2.67. The topological polar surface area (TPSA) is 53.9 Å². The summed E-state index contributed by atoms with van der Waals surface area (Å²) in [6.45, 7) is 4.67. The Morgan fingerprint density at radius 1 is 1.19 bits per heavy atom. The zero-order chi connectivity index (χ0) is 19.1. The Labute approximate surface area is 165 Å². The zero-order valence-electron chi connectivity index (χ0n) is 15.5. The standard InChI is InChI=1S/C21H24ClN3O2/c1-16-13-18(22)7-8-20(16)27-15-21(26)24-23-19-9-11-25(12-10-19)14-17-5-3-2-4-6-17/h2-8,13H,9-12,14-15H2,1H3,(H,24,26). The van der Waals surface area contributed by atoms with E-state index >= 15 is 0 Å². The van der Waals surface area contributed by atoms with Gasteiger partial charge in [0.2, 0.25) is 0 Å². The van der Waals surface area contributed by atoms with Gasteiger partial charge in [0, 0.05) is 43.2 Å². The predicted molar refractivity (Wildman–Crippen MR) is 108 cm³/mol. The number of carbonyl (C=O) groups is 1. The third kappa shape index (κ3) is 6.08. The summed E-state index contributed by atoms with van der Waals surface area (Å²) in [5.41, 5.74) is 5.84. The summed E-state index contributed by atoms with van der Waals surface area (Å²) in [5.74, 6) is 0.389. The van der Waals surface area contributed by atoms with Crippen molar-refractivity contribution in [3.63, 3.8) is 0 Å². The summed E-state index contributed by atoms with van der Waals surface area (Å²) >= 11 is 5.91. The summed E-state index contributed by atoms with van der Waals surface area (Å²) in [6, 6.07) is 15.8. The van der Waals surface area contributed by atoms with Gasteiger partial charge < -0.3 is 4.74 Å². The summed E-state index contributed by atoms with van der Waals surface area (Å²) < 4.78 is 5.53. The molecule has 0 atom stereocenters. The quantitative estimate of drug-likeness (QED) is 0.769. The molecular formula is C21H24ClN3O2. The van der Waals surface area contributed by atoms with Crippen LogP contribution in [0, 0.1) is 6.92 Å². The fraction of sp³-hybridized carbons (Fsp3) is 0.333. The maximum absolute atomic E-state index is 12.0. The molecule has 0 unspecified atom stereocenters. The van der Waals surface area contributed by atoms with Gasteiger partial charge >= 0.3 is 0 Å². The lowest BCUT2D eigenvalue weighted by Gasteiger charge is -2.27. The number of ether oxygens (including phenoxy) is 1. The number of hydrazone groups is 1. The second-order valence-electron chi connectivity index (χ2n) is 6.67. The number of nitrogens with zero attached hydrogens (tertiary/aromatic N) is 2. The zero-order valence-corrected chi connectivity index (χ0v) is 16.2. The molecule has 3 rings (SSSR count). The number of rotatable bonds is 6. The van der Waals surface area contributed by atoms with Crippen LogP contribution in [0.1, 0.15) is 24.0 Å². The van der Waals surface area contributed by atoms with Gasteiger partial charge in [-0.3, -0.25) is 9.69 Å². The smallest absolute Gasteiger partial charge is 0.277 e. The molecule has 1 heterocycles.